The normalized spacial score (nSPS) is 20.1. The number of amides is 2. The van der Waals surface area contributed by atoms with E-state index in [9.17, 15) is 14.7 Å². The number of hydrogen-bond donors (Lipinski definition) is 2. The average Bonchev–Trinajstić information content (AvgIpc) is 2.72. The monoisotopic (exact) mass is 478 g/mol. The van der Waals surface area contributed by atoms with Crippen LogP contribution in [0.5, 0.6) is 0 Å². The van der Waals surface area contributed by atoms with Crippen LogP contribution < -0.4 is 5.32 Å². The fourth-order valence-electron chi connectivity index (χ4n) is 4.07. The maximum Gasteiger partial charge on any atom is 0.409 e. The highest BCUT2D eigenvalue weighted by Crippen LogP contribution is 2.40. The predicted octanol–water partition coefficient (Wildman–Crippen LogP) is 5.86. The fourth-order valence-corrected chi connectivity index (χ4v) is 5.49. The molecular weight excluding hydrogens is 436 g/mol. The summed E-state index contributed by atoms with van der Waals surface area (Å²) in [6.45, 7) is 11.8. The highest BCUT2D eigenvalue weighted by molar-refractivity contribution is 6.74. The molecule has 1 aliphatic carbocycles. The van der Waals surface area contributed by atoms with Crippen molar-refractivity contribution in [2.45, 2.75) is 89.8 Å². The van der Waals surface area contributed by atoms with Gasteiger partial charge in [0.2, 0.25) is 0 Å². The molecule has 0 saturated heterocycles. The molecule has 0 aliphatic heterocycles. The highest BCUT2D eigenvalue weighted by Gasteiger charge is 2.40. The van der Waals surface area contributed by atoms with Crippen molar-refractivity contribution in [3.05, 3.63) is 35.9 Å². The van der Waals surface area contributed by atoms with E-state index in [1.54, 1.807) is 7.05 Å². The Balaban J connectivity index is 1.84. The second-order valence-electron chi connectivity index (χ2n) is 10.8. The van der Waals surface area contributed by atoms with Gasteiger partial charge in [-0.1, -0.05) is 51.1 Å². The third-order valence-corrected chi connectivity index (χ3v) is 11.6. The van der Waals surface area contributed by atoms with E-state index in [-0.39, 0.29) is 24.2 Å². The first-order chi connectivity index (χ1) is 15.4. The van der Waals surface area contributed by atoms with E-state index in [1.807, 2.05) is 30.3 Å². The van der Waals surface area contributed by atoms with Crippen molar-refractivity contribution >= 4 is 20.5 Å². The molecule has 1 fully saturated rings. The van der Waals surface area contributed by atoms with Crippen LogP contribution in [0, 0.1) is 5.92 Å². The standard InChI is InChI=1S/C25H42N2O5Si/c1-25(2,3)33(5,6)32-22-14-12-19(13-15-22)16-21(26-23(28)29)17-27(4)24(30)31-18-20-10-8-7-9-11-20/h7-11,19,21-22,26H,12-18H2,1-6H3,(H,28,29)/t19-,21?,22-. The summed E-state index contributed by atoms with van der Waals surface area (Å²) in [4.78, 5) is 25.2. The largest absolute Gasteiger partial charge is 0.465 e. The Morgan fingerprint density at radius 2 is 1.76 bits per heavy atom. The number of nitrogens with one attached hydrogen (secondary N) is 1. The van der Waals surface area contributed by atoms with Gasteiger partial charge in [0.15, 0.2) is 8.32 Å². The van der Waals surface area contributed by atoms with Crippen molar-refractivity contribution in [1.29, 1.82) is 0 Å². The van der Waals surface area contributed by atoms with Gasteiger partial charge in [0.1, 0.15) is 6.61 Å². The molecule has 2 rings (SSSR count). The number of carbonyl (C=O) groups is 2. The molecule has 8 heteroatoms. The van der Waals surface area contributed by atoms with Crippen molar-refractivity contribution in [3.8, 4) is 0 Å². The Morgan fingerprint density at radius 3 is 2.30 bits per heavy atom. The van der Waals surface area contributed by atoms with Crippen molar-refractivity contribution in [2.75, 3.05) is 13.6 Å². The lowest BCUT2D eigenvalue weighted by atomic mass is 9.83. The summed E-state index contributed by atoms with van der Waals surface area (Å²) in [6.07, 6.45) is 3.51. The number of hydrogen-bond acceptors (Lipinski definition) is 4. The first kappa shape index (κ1) is 27.2. The van der Waals surface area contributed by atoms with E-state index in [0.717, 1.165) is 31.2 Å². The number of rotatable bonds is 9. The minimum absolute atomic E-state index is 0.194. The molecule has 0 aromatic heterocycles. The Kier molecular flexibility index (Phi) is 9.79. The van der Waals surface area contributed by atoms with Crippen LogP contribution in [-0.4, -0.2) is 56.2 Å². The van der Waals surface area contributed by atoms with E-state index in [4.69, 9.17) is 9.16 Å². The Hall–Kier alpha value is -2.06. The quantitative estimate of drug-likeness (QED) is 0.434. The van der Waals surface area contributed by atoms with Crippen LogP contribution in [0.25, 0.3) is 0 Å². The van der Waals surface area contributed by atoms with Gasteiger partial charge in [-0.25, -0.2) is 9.59 Å². The minimum Gasteiger partial charge on any atom is -0.465 e. The topological polar surface area (TPSA) is 88.1 Å². The molecule has 1 aromatic carbocycles. The van der Waals surface area contributed by atoms with Crippen LogP contribution >= 0.6 is 0 Å². The van der Waals surface area contributed by atoms with Gasteiger partial charge in [-0.3, -0.25) is 0 Å². The fraction of sp³-hybridized carbons (Fsp3) is 0.680. The molecule has 1 atom stereocenters. The third-order valence-electron chi connectivity index (χ3n) is 7.02. The molecule has 0 heterocycles. The summed E-state index contributed by atoms with van der Waals surface area (Å²) in [5.74, 6) is 0.412. The Labute approximate surface area is 200 Å². The summed E-state index contributed by atoms with van der Waals surface area (Å²) >= 11 is 0. The minimum atomic E-state index is -1.78. The van der Waals surface area contributed by atoms with E-state index in [0.29, 0.717) is 18.4 Å². The first-order valence-electron chi connectivity index (χ1n) is 12.0. The average molecular weight is 479 g/mol. The second kappa shape index (κ2) is 11.9. The van der Waals surface area contributed by atoms with Crippen LogP contribution in [0.3, 0.4) is 0 Å². The van der Waals surface area contributed by atoms with Crippen molar-refractivity contribution in [3.63, 3.8) is 0 Å². The molecule has 0 spiro atoms. The van der Waals surface area contributed by atoms with Crippen molar-refractivity contribution < 1.29 is 23.9 Å². The van der Waals surface area contributed by atoms with Crippen LogP contribution in [-0.2, 0) is 15.8 Å². The Bertz CT molecular complexity index is 758. The van der Waals surface area contributed by atoms with Gasteiger partial charge < -0.3 is 24.5 Å². The zero-order valence-corrected chi connectivity index (χ0v) is 22.1. The van der Waals surface area contributed by atoms with Gasteiger partial charge in [-0.05, 0) is 61.7 Å². The maximum absolute atomic E-state index is 12.4. The van der Waals surface area contributed by atoms with Gasteiger partial charge >= 0.3 is 12.2 Å². The van der Waals surface area contributed by atoms with E-state index >= 15 is 0 Å². The zero-order valence-electron chi connectivity index (χ0n) is 21.1. The highest BCUT2D eigenvalue weighted by atomic mass is 28.4. The lowest BCUT2D eigenvalue weighted by Crippen LogP contribution is -2.46. The summed E-state index contributed by atoms with van der Waals surface area (Å²) in [5.41, 5.74) is 0.913. The molecule has 186 valence electrons. The van der Waals surface area contributed by atoms with Crippen LogP contribution in [0.2, 0.25) is 18.1 Å². The molecule has 7 nitrogen and oxygen atoms in total. The number of benzene rings is 1. The van der Waals surface area contributed by atoms with Gasteiger partial charge in [-0.15, -0.1) is 0 Å². The molecule has 2 N–H and O–H groups in total. The van der Waals surface area contributed by atoms with Gasteiger partial charge in [0.25, 0.3) is 0 Å². The molecule has 2 amide bonds. The van der Waals surface area contributed by atoms with E-state index in [2.05, 4.69) is 39.2 Å². The number of nitrogens with zero attached hydrogens (tertiary/aromatic N) is 1. The van der Waals surface area contributed by atoms with Gasteiger partial charge in [-0.2, -0.15) is 0 Å². The summed E-state index contributed by atoms with van der Waals surface area (Å²) in [5, 5.41) is 12.1. The Morgan fingerprint density at radius 1 is 1.15 bits per heavy atom. The molecule has 0 bridgehead atoms. The number of ether oxygens (including phenoxy) is 1. The van der Waals surface area contributed by atoms with Crippen LogP contribution in [0.4, 0.5) is 9.59 Å². The van der Waals surface area contributed by atoms with Gasteiger partial charge in [0.05, 0.1) is 6.04 Å². The van der Waals surface area contributed by atoms with Crippen molar-refractivity contribution in [1.82, 2.24) is 10.2 Å². The maximum atomic E-state index is 12.4. The number of likely N-dealkylation sites (N-methyl/N-ethyl adjacent to an activating group) is 1. The molecule has 1 saturated carbocycles. The third kappa shape index (κ3) is 9.01. The van der Waals surface area contributed by atoms with Crippen molar-refractivity contribution in [2.24, 2.45) is 5.92 Å². The van der Waals surface area contributed by atoms with Gasteiger partial charge in [0, 0.05) is 19.7 Å². The number of carboxylic acid groups (broad SMARTS) is 1. The summed E-state index contributed by atoms with van der Waals surface area (Å²) < 4.78 is 12.0. The molecule has 0 radical (unpaired) electrons. The SMILES string of the molecule is CN(CC(C[C@H]1CC[C@H](O[Si](C)(C)C(C)(C)C)CC1)NC(=O)O)C(=O)OCc1ccccc1. The second-order valence-corrected chi connectivity index (χ2v) is 15.6. The number of carbonyl (C=O) groups excluding carboxylic acids is 1. The van der Waals surface area contributed by atoms with Crippen LogP contribution in [0.1, 0.15) is 58.4 Å². The molecular formula is C25H42N2O5Si. The molecule has 1 aliphatic rings. The predicted molar refractivity (Wildman–Crippen MR) is 133 cm³/mol. The lowest BCUT2D eigenvalue weighted by molar-refractivity contribution is 0.0936. The zero-order chi connectivity index (χ0) is 24.6. The van der Waals surface area contributed by atoms with E-state index in [1.165, 1.54) is 4.90 Å². The molecule has 1 unspecified atom stereocenters. The smallest absolute Gasteiger partial charge is 0.409 e. The first-order valence-corrected chi connectivity index (χ1v) is 14.9. The molecule has 1 aromatic rings. The summed E-state index contributed by atoms with van der Waals surface area (Å²) in [6, 6.07) is 9.16. The van der Waals surface area contributed by atoms with E-state index < -0.39 is 20.5 Å². The molecule has 33 heavy (non-hydrogen) atoms. The summed E-state index contributed by atoms with van der Waals surface area (Å²) in [7, 11) is -0.137. The lowest BCUT2D eigenvalue weighted by Gasteiger charge is -2.41. The van der Waals surface area contributed by atoms with Crippen LogP contribution in [0.15, 0.2) is 30.3 Å².